The van der Waals surface area contributed by atoms with Crippen LogP contribution >= 0.6 is 12.3 Å². The van der Waals surface area contributed by atoms with Crippen molar-refractivity contribution in [1.82, 2.24) is 9.96 Å². The van der Waals surface area contributed by atoms with Gasteiger partial charge in [-0.2, -0.15) is 9.35 Å². The van der Waals surface area contributed by atoms with Crippen LogP contribution in [0.2, 0.25) is 0 Å². The van der Waals surface area contributed by atoms with Crippen LogP contribution in [-0.2, 0) is 8.47 Å². The molecule has 2 aliphatic rings. The van der Waals surface area contributed by atoms with E-state index in [0.717, 1.165) is 38.3 Å². The number of fused-ring (bicyclic) bond motifs is 2. The molecule has 0 aromatic heterocycles. The van der Waals surface area contributed by atoms with Gasteiger partial charge in [-0.05, 0) is 12.8 Å². The number of hydrogen-bond acceptors (Lipinski definition) is 4. The highest BCUT2D eigenvalue weighted by atomic mass is 32.2. The minimum atomic E-state index is -0.0351. The molecule has 5 nitrogen and oxygen atoms in total. The van der Waals surface area contributed by atoms with Crippen LogP contribution < -0.4 is 0 Å². The van der Waals surface area contributed by atoms with Crippen LogP contribution in [0.5, 0.6) is 0 Å². The zero-order valence-corrected chi connectivity index (χ0v) is 8.25. The van der Waals surface area contributed by atoms with Gasteiger partial charge in [0.25, 0.3) is 0 Å². The number of carbonyl (C=O) groups is 1. The molecule has 6 heteroatoms. The van der Waals surface area contributed by atoms with Gasteiger partial charge in [-0.25, -0.2) is 4.79 Å². The number of piperidine rings is 1. The van der Waals surface area contributed by atoms with Crippen LogP contribution in [-0.4, -0.2) is 42.2 Å². The maximum atomic E-state index is 11.6. The SMILES string of the molecule is COSON1C(=O)N2CCCC1C2. The Morgan fingerprint density at radius 3 is 3.15 bits per heavy atom. The first kappa shape index (κ1) is 9.11. The number of amides is 2. The molecule has 2 rings (SSSR count). The predicted octanol–water partition coefficient (Wildman–Crippen LogP) is 1.03. The number of hydroxylamine groups is 2. The summed E-state index contributed by atoms with van der Waals surface area (Å²) in [4.78, 5) is 13.4. The second-order valence-electron chi connectivity index (χ2n) is 3.16. The quantitative estimate of drug-likeness (QED) is 0.644. The third-order valence-electron chi connectivity index (χ3n) is 2.37. The van der Waals surface area contributed by atoms with E-state index in [-0.39, 0.29) is 12.1 Å². The molecule has 0 saturated carbocycles. The summed E-state index contributed by atoms with van der Waals surface area (Å²) in [5.41, 5.74) is 0. The lowest BCUT2D eigenvalue weighted by Gasteiger charge is -2.20. The molecule has 1 atom stereocenters. The van der Waals surface area contributed by atoms with Crippen molar-refractivity contribution >= 4 is 18.4 Å². The smallest absolute Gasteiger partial charge is 0.321 e. The molecule has 2 amide bonds. The van der Waals surface area contributed by atoms with Crippen LogP contribution in [0.1, 0.15) is 12.8 Å². The Morgan fingerprint density at radius 2 is 2.46 bits per heavy atom. The van der Waals surface area contributed by atoms with Crippen LogP contribution in [0.15, 0.2) is 0 Å². The fraction of sp³-hybridized carbons (Fsp3) is 0.857. The van der Waals surface area contributed by atoms with Crippen LogP contribution in [0, 0.1) is 0 Å². The normalized spacial score (nSPS) is 27.2. The van der Waals surface area contributed by atoms with Gasteiger partial charge < -0.3 is 4.90 Å². The second-order valence-corrected chi connectivity index (χ2v) is 3.78. The molecule has 2 heterocycles. The number of rotatable bonds is 3. The van der Waals surface area contributed by atoms with Crippen molar-refractivity contribution in [2.24, 2.45) is 0 Å². The number of urea groups is 1. The zero-order valence-electron chi connectivity index (χ0n) is 7.43. The molecule has 2 fully saturated rings. The Bertz CT molecular complexity index is 214. The van der Waals surface area contributed by atoms with Crippen LogP contribution in [0.3, 0.4) is 0 Å². The standard InChI is InChI=1S/C7H12N2O3S/c1-11-13-12-9-6-3-2-4-8(5-6)7(9)10/h6H,2-5H2,1H3. The highest BCUT2D eigenvalue weighted by molar-refractivity contribution is 7.89. The first-order valence-electron chi connectivity index (χ1n) is 4.28. The van der Waals surface area contributed by atoms with Crippen molar-refractivity contribution in [2.45, 2.75) is 18.9 Å². The molecule has 0 spiro atoms. The first-order chi connectivity index (χ1) is 6.33. The fourth-order valence-corrected chi connectivity index (χ4v) is 2.08. The highest BCUT2D eigenvalue weighted by Crippen LogP contribution is 2.27. The van der Waals surface area contributed by atoms with E-state index in [2.05, 4.69) is 4.18 Å². The Hall–Kier alpha value is -0.460. The molecular formula is C7H12N2O3S. The maximum Gasteiger partial charge on any atom is 0.345 e. The summed E-state index contributed by atoms with van der Waals surface area (Å²) in [7, 11) is 1.51. The first-order valence-corrected chi connectivity index (χ1v) is 4.95. The molecule has 0 aliphatic carbocycles. The van der Waals surface area contributed by atoms with E-state index in [1.54, 1.807) is 0 Å². The minimum Gasteiger partial charge on any atom is -0.321 e. The summed E-state index contributed by atoms with van der Waals surface area (Å²) in [6.45, 7) is 1.65. The highest BCUT2D eigenvalue weighted by Gasteiger charge is 2.41. The van der Waals surface area contributed by atoms with Crippen molar-refractivity contribution in [1.29, 1.82) is 0 Å². The summed E-state index contributed by atoms with van der Waals surface area (Å²) < 4.78 is 9.80. The van der Waals surface area contributed by atoms with E-state index >= 15 is 0 Å². The Balaban J connectivity index is 1.98. The van der Waals surface area contributed by atoms with Crippen molar-refractivity contribution < 1.29 is 13.3 Å². The fourth-order valence-electron chi connectivity index (χ4n) is 1.77. The summed E-state index contributed by atoms with van der Waals surface area (Å²) in [5, 5.41) is 1.42. The lowest BCUT2D eigenvalue weighted by molar-refractivity contribution is -0.0151. The third-order valence-corrected chi connectivity index (χ3v) is 2.72. The maximum absolute atomic E-state index is 11.6. The van der Waals surface area contributed by atoms with Gasteiger partial charge >= 0.3 is 6.03 Å². The van der Waals surface area contributed by atoms with Crippen LogP contribution in [0.25, 0.3) is 0 Å². The molecule has 2 saturated heterocycles. The van der Waals surface area contributed by atoms with Gasteiger partial charge in [0.1, 0.15) is 0 Å². The van der Waals surface area contributed by atoms with Gasteiger partial charge in [0.05, 0.1) is 13.2 Å². The molecule has 1 unspecified atom stereocenters. The Morgan fingerprint density at radius 1 is 1.62 bits per heavy atom. The number of carbonyl (C=O) groups excluding carboxylic acids is 1. The zero-order chi connectivity index (χ0) is 9.26. The van der Waals surface area contributed by atoms with Crippen molar-refractivity contribution in [2.75, 3.05) is 20.2 Å². The van der Waals surface area contributed by atoms with Crippen molar-refractivity contribution in [3.05, 3.63) is 0 Å². The van der Waals surface area contributed by atoms with E-state index < -0.39 is 0 Å². The summed E-state index contributed by atoms with van der Waals surface area (Å²) in [6, 6.07) is 0.177. The molecule has 0 aromatic carbocycles. The summed E-state index contributed by atoms with van der Waals surface area (Å²) in [6.07, 6.45) is 2.08. The number of nitrogens with zero attached hydrogens (tertiary/aromatic N) is 2. The third kappa shape index (κ3) is 1.61. The molecule has 0 radical (unpaired) electrons. The largest absolute Gasteiger partial charge is 0.345 e. The Labute approximate surface area is 81.3 Å². The Kier molecular flexibility index (Phi) is 2.61. The van der Waals surface area contributed by atoms with Gasteiger partial charge in [-0.3, -0.25) is 4.18 Å². The lowest BCUT2D eigenvalue weighted by Crippen LogP contribution is -2.31. The van der Waals surface area contributed by atoms with E-state index in [0.29, 0.717) is 0 Å². The second kappa shape index (κ2) is 3.73. The topological polar surface area (TPSA) is 42.0 Å². The van der Waals surface area contributed by atoms with Crippen molar-refractivity contribution in [3.63, 3.8) is 0 Å². The molecule has 2 bridgehead atoms. The number of hydrogen-bond donors (Lipinski definition) is 0. The van der Waals surface area contributed by atoms with E-state index in [1.165, 1.54) is 12.2 Å². The molecule has 0 aromatic rings. The van der Waals surface area contributed by atoms with E-state index in [1.807, 2.05) is 4.90 Å². The minimum absolute atomic E-state index is 0.0351. The monoisotopic (exact) mass is 204 g/mol. The molecule has 0 N–H and O–H groups in total. The lowest BCUT2D eigenvalue weighted by atomic mass is 10.1. The van der Waals surface area contributed by atoms with Gasteiger partial charge in [-0.1, -0.05) is 0 Å². The summed E-state index contributed by atoms with van der Waals surface area (Å²) in [5.74, 6) is 0. The van der Waals surface area contributed by atoms with Gasteiger partial charge in [0.15, 0.2) is 12.3 Å². The van der Waals surface area contributed by atoms with E-state index in [4.69, 9.17) is 4.28 Å². The average Bonchev–Trinajstić information content (AvgIpc) is 2.37. The van der Waals surface area contributed by atoms with E-state index in [9.17, 15) is 4.79 Å². The van der Waals surface area contributed by atoms with Gasteiger partial charge in [0, 0.05) is 13.1 Å². The van der Waals surface area contributed by atoms with Crippen LogP contribution in [0.4, 0.5) is 4.79 Å². The van der Waals surface area contributed by atoms with Crippen molar-refractivity contribution in [3.8, 4) is 0 Å². The average molecular weight is 204 g/mol. The predicted molar refractivity (Wildman–Crippen MR) is 47.5 cm³/mol. The van der Waals surface area contributed by atoms with Gasteiger partial charge in [0.2, 0.25) is 0 Å². The molecule has 74 valence electrons. The molecular weight excluding hydrogens is 192 g/mol. The molecule has 2 aliphatic heterocycles. The summed E-state index contributed by atoms with van der Waals surface area (Å²) >= 11 is 0.836. The molecule has 13 heavy (non-hydrogen) atoms. The van der Waals surface area contributed by atoms with Gasteiger partial charge in [-0.15, -0.1) is 0 Å².